The van der Waals surface area contributed by atoms with Crippen molar-refractivity contribution in [3.05, 3.63) is 77.0 Å². The Morgan fingerprint density at radius 1 is 1.12 bits per heavy atom. The van der Waals surface area contributed by atoms with E-state index in [1.165, 1.54) is 22.9 Å². The van der Waals surface area contributed by atoms with Crippen LogP contribution >= 0.6 is 0 Å². The summed E-state index contributed by atoms with van der Waals surface area (Å²) in [6, 6.07) is 15.9. The molecule has 3 aliphatic rings. The van der Waals surface area contributed by atoms with Gasteiger partial charge in [-0.15, -0.1) is 0 Å². The van der Waals surface area contributed by atoms with Crippen LogP contribution in [-0.4, -0.2) is 41.2 Å². The van der Waals surface area contributed by atoms with Crippen molar-refractivity contribution in [2.45, 2.75) is 31.7 Å². The molecule has 0 bridgehead atoms. The lowest BCUT2D eigenvalue weighted by Crippen LogP contribution is -2.23. The summed E-state index contributed by atoms with van der Waals surface area (Å²) in [5.41, 5.74) is 9.93. The number of aromatic nitrogens is 1. The number of ether oxygens (including phenoxy) is 3. The lowest BCUT2D eigenvalue weighted by molar-refractivity contribution is 0.1000. The lowest BCUT2D eigenvalue weighted by Gasteiger charge is -2.16. The summed E-state index contributed by atoms with van der Waals surface area (Å²) in [4.78, 5) is 18.0. The third kappa shape index (κ3) is 3.96. The van der Waals surface area contributed by atoms with Crippen molar-refractivity contribution in [2.24, 2.45) is 11.7 Å². The van der Waals surface area contributed by atoms with Gasteiger partial charge in [0, 0.05) is 30.9 Å². The van der Waals surface area contributed by atoms with Crippen LogP contribution in [0.1, 0.15) is 34.0 Å². The SMILES string of the molecule is CC(Cc1ccc2c(c1)OCO2)CN1CC12Cc1ccc(Oc3ccc(C(N)=O)cn3)cc1C2. The highest BCUT2D eigenvalue weighted by molar-refractivity contribution is 5.92. The third-order valence-corrected chi connectivity index (χ3v) is 7.07. The normalized spacial score (nSPS) is 22.4. The van der Waals surface area contributed by atoms with Gasteiger partial charge in [0.1, 0.15) is 5.75 Å². The maximum Gasteiger partial charge on any atom is 0.250 e. The highest BCUT2D eigenvalue weighted by atomic mass is 16.7. The Morgan fingerprint density at radius 2 is 1.97 bits per heavy atom. The van der Waals surface area contributed by atoms with E-state index in [9.17, 15) is 4.79 Å². The molecule has 2 N–H and O–H groups in total. The van der Waals surface area contributed by atoms with Gasteiger partial charge in [-0.05, 0) is 72.2 Å². The number of hydrogen-bond acceptors (Lipinski definition) is 6. The van der Waals surface area contributed by atoms with Gasteiger partial charge in [0.15, 0.2) is 11.5 Å². The topological polar surface area (TPSA) is 86.7 Å². The summed E-state index contributed by atoms with van der Waals surface area (Å²) in [5.74, 6) is 2.96. The number of benzene rings is 2. The van der Waals surface area contributed by atoms with Gasteiger partial charge < -0.3 is 19.9 Å². The van der Waals surface area contributed by atoms with E-state index in [1.54, 1.807) is 12.1 Å². The van der Waals surface area contributed by atoms with Gasteiger partial charge in [0.25, 0.3) is 0 Å². The number of rotatable bonds is 7. The summed E-state index contributed by atoms with van der Waals surface area (Å²) in [7, 11) is 0. The van der Waals surface area contributed by atoms with E-state index in [-0.39, 0.29) is 5.54 Å². The quantitative estimate of drug-likeness (QED) is 0.544. The van der Waals surface area contributed by atoms with Crippen LogP contribution in [0.4, 0.5) is 0 Å². The minimum absolute atomic E-state index is 0.255. The summed E-state index contributed by atoms with van der Waals surface area (Å²) < 4.78 is 16.9. The van der Waals surface area contributed by atoms with Gasteiger partial charge in [-0.1, -0.05) is 19.1 Å². The molecule has 7 nitrogen and oxygen atoms in total. The van der Waals surface area contributed by atoms with Crippen molar-refractivity contribution in [1.82, 2.24) is 9.88 Å². The number of pyridine rings is 1. The van der Waals surface area contributed by atoms with Gasteiger partial charge in [-0.2, -0.15) is 0 Å². The van der Waals surface area contributed by atoms with Crippen molar-refractivity contribution in [2.75, 3.05) is 19.9 Å². The Morgan fingerprint density at radius 3 is 2.79 bits per heavy atom. The maximum atomic E-state index is 11.2. The first-order valence-corrected chi connectivity index (χ1v) is 11.7. The smallest absolute Gasteiger partial charge is 0.250 e. The molecule has 0 radical (unpaired) electrons. The molecule has 1 saturated heterocycles. The van der Waals surface area contributed by atoms with Crippen LogP contribution in [0.2, 0.25) is 0 Å². The average molecular weight is 458 g/mol. The van der Waals surface area contributed by atoms with Crippen LogP contribution in [0, 0.1) is 5.92 Å². The summed E-state index contributed by atoms with van der Waals surface area (Å²) in [6.07, 6.45) is 4.60. The van der Waals surface area contributed by atoms with Gasteiger partial charge in [-0.3, -0.25) is 9.69 Å². The fraction of sp³-hybridized carbons (Fsp3) is 0.333. The fourth-order valence-electron chi connectivity index (χ4n) is 5.31. The molecule has 0 saturated carbocycles. The molecule has 1 fully saturated rings. The van der Waals surface area contributed by atoms with Gasteiger partial charge >= 0.3 is 0 Å². The minimum Gasteiger partial charge on any atom is -0.454 e. The molecule has 3 unspecified atom stereocenters. The summed E-state index contributed by atoms with van der Waals surface area (Å²) >= 11 is 0. The largest absolute Gasteiger partial charge is 0.454 e. The maximum absolute atomic E-state index is 11.2. The molecule has 2 aromatic carbocycles. The molecule has 3 atom stereocenters. The van der Waals surface area contributed by atoms with Crippen LogP contribution in [-0.2, 0) is 19.3 Å². The molecular weight excluding hydrogens is 430 g/mol. The van der Waals surface area contributed by atoms with E-state index in [2.05, 4.69) is 41.1 Å². The monoisotopic (exact) mass is 457 g/mol. The first-order chi connectivity index (χ1) is 16.5. The predicted molar refractivity (Wildman–Crippen MR) is 126 cm³/mol. The van der Waals surface area contributed by atoms with E-state index >= 15 is 0 Å². The van der Waals surface area contributed by atoms with Gasteiger partial charge in [-0.25, -0.2) is 4.98 Å². The van der Waals surface area contributed by atoms with Gasteiger partial charge in [0.05, 0.1) is 5.56 Å². The second-order valence-electron chi connectivity index (χ2n) is 9.74. The zero-order valence-corrected chi connectivity index (χ0v) is 19.1. The molecule has 1 aliphatic carbocycles. The number of nitrogens with two attached hydrogens (primary N) is 1. The Balaban J connectivity index is 1.06. The third-order valence-electron chi connectivity index (χ3n) is 7.07. The molecule has 6 rings (SSSR count). The molecule has 7 heteroatoms. The Hall–Kier alpha value is -3.58. The number of fused-ring (bicyclic) bond motifs is 2. The van der Waals surface area contributed by atoms with Crippen molar-refractivity contribution in [3.8, 4) is 23.1 Å². The second kappa shape index (κ2) is 8.02. The van der Waals surface area contributed by atoms with Crippen molar-refractivity contribution >= 4 is 5.91 Å². The molecule has 34 heavy (non-hydrogen) atoms. The zero-order valence-electron chi connectivity index (χ0n) is 19.1. The minimum atomic E-state index is -0.499. The van der Waals surface area contributed by atoms with E-state index in [0.29, 0.717) is 24.2 Å². The highest BCUT2D eigenvalue weighted by Gasteiger charge is 2.54. The molecule has 174 valence electrons. The van der Waals surface area contributed by atoms with E-state index in [0.717, 1.165) is 49.6 Å². The first-order valence-electron chi connectivity index (χ1n) is 11.7. The van der Waals surface area contributed by atoms with E-state index in [4.69, 9.17) is 19.9 Å². The fourth-order valence-corrected chi connectivity index (χ4v) is 5.31. The number of carbonyl (C=O) groups excluding carboxylic acids is 1. The van der Waals surface area contributed by atoms with Crippen LogP contribution in [0.3, 0.4) is 0 Å². The molecule has 1 spiro atoms. The standard InChI is InChI=1S/C27H27N3O4/c1-17(8-18-2-6-23-24(9-18)33-16-32-23)14-30-15-27(30)11-19-3-5-22(10-21(19)12-27)34-25-7-4-20(13-29-25)26(28)31/h2-7,9-10,13,17H,8,11-12,14-16H2,1H3,(H2,28,31). The number of carbonyl (C=O) groups is 1. The summed E-state index contributed by atoms with van der Waals surface area (Å²) in [6.45, 7) is 4.86. The number of nitrogens with zero attached hydrogens (tertiary/aromatic N) is 2. The molecule has 1 aromatic heterocycles. The second-order valence-corrected chi connectivity index (χ2v) is 9.74. The highest BCUT2D eigenvalue weighted by Crippen LogP contribution is 2.46. The Labute approximate surface area is 198 Å². The average Bonchev–Trinajstić information content (AvgIpc) is 3.13. The molecule has 3 heterocycles. The molecule has 3 aromatic rings. The summed E-state index contributed by atoms with van der Waals surface area (Å²) in [5, 5.41) is 0. The van der Waals surface area contributed by atoms with E-state index < -0.39 is 5.91 Å². The molecule has 1 amide bonds. The van der Waals surface area contributed by atoms with Crippen molar-refractivity contribution < 1.29 is 19.0 Å². The number of primary amides is 1. The molecular formula is C27H27N3O4. The molecule has 2 aliphatic heterocycles. The van der Waals surface area contributed by atoms with Crippen LogP contribution < -0.4 is 19.9 Å². The number of hydrogen-bond donors (Lipinski definition) is 1. The first kappa shape index (κ1) is 21.0. The zero-order chi connectivity index (χ0) is 23.3. The van der Waals surface area contributed by atoms with Crippen LogP contribution in [0.25, 0.3) is 0 Å². The lowest BCUT2D eigenvalue weighted by atomic mass is 10.00. The Bertz CT molecular complexity index is 1260. The van der Waals surface area contributed by atoms with Gasteiger partial charge in [0.2, 0.25) is 18.6 Å². The number of amides is 1. The van der Waals surface area contributed by atoms with Crippen molar-refractivity contribution in [3.63, 3.8) is 0 Å². The predicted octanol–water partition coefficient (Wildman–Crippen LogP) is 3.73. The van der Waals surface area contributed by atoms with Crippen LogP contribution in [0.5, 0.6) is 23.1 Å². The van der Waals surface area contributed by atoms with E-state index in [1.807, 2.05) is 12.1 Å². The Kier molecular flexibility index (Phi) is 4.95. The van der Waals surface area contributed by atoms with Crippen LogP contribution in [0.15, 0.2) is 54.7 Å². The van der Waals surface area contributed by atoms with Crippen molar-refractivity contribution in [1.29, 1.82) is 0 Å².